The molecule has 4 rings (SSSR count). The fourth-order valence-corrected chi connectivity index (χ4v) is 3.72. The zero-order valence-corrected chi connectivity index (χ0v) is 17.5. The number of piperazine rings is 1. The molecule has 0 spiro atoms. The molecule has 0 radical (unpaired) electrons. The summed E-state index contributed by atoms with van der Waals surface area (Å²) in [5, 5.41) is 9.48. The van der Waals surface area contributed by atoms with Crippen molar-refractivity contribution in [2.75, 3.05) is 26.2 Å². The predicted octanol–water partition coefficient (Wildman–Crippen LogP) is 3.49. The molecule has 9 heteroatoms. The van der Waals surface area contributed by atoms with Gasteiger partial charge in [0, 0.05) is 49.5 Å². The molecular formula is C20H21Cl2N5O2. The van der Waals surface area contributed by atoms with E-state index in [0.29, 0.717) is 36.1 Å². The van der Waals surface area contributed by atoms with Crippen LogP contribution in [-0.2, 0) is 13.1 Å². The van der Waals surface area contributed by atoms with Crippen molar-refractivity contribution in [2.24, 2.45) is 0 Å². The molecule has 0 unspecified atom stereocenters. The van der Waals surface area contributed by atoms with Gasteiger partial charge in [0.15, 0.2) is 5.69 Å². The minimum atomic E-state index is -0.110. The summed E-state index contributed by atoms with van der Waals surface area (Å²) in [6, 6.07) is 7.87. The van der Waals surface area contributed by atoms with Crippen molar-refractivity contribution in [3.05, 3.63) is 69.3 Å². The lowest BCUT2D eigenvalue weighted by atomic mass is 10.1. The zero-order chi connectivity index (χ0) is 20.4. The Hall–Kier alpha value is -2.35. The first-order valence-electron chi connectivity index (χ1n) is 9.39. The van der Waals surface area contributed by atoms with Crippen LogP contribution in [-0.4, -0.2) is 56.8 Å². The summed E-state index contributed by atoms with van der Waals surface area (Å²) in [5.41, 5.74) is 2.29. The molecule has 0 atom stereocenters. The van der Waals surface area contributed by atoms with Gasteiger partial charge in [0.05, 0.1) is 17.8 Å². The number of hydrogen-bond donors (Lipinski definition) is 0. The molecule has 152 valence electrons. The van der Waals surface area contributed by atoms with Crippen molar-refractivity contribution in [3.8, 4) is 0 Å². The first-order valence-corrected chi connectivity index (χ1v) is 10.1. The van der Waals surface area contributed by atoms with Crippen molar-refractivity contribution in [2.45, 2.75) is 20.0 Å². The second-order valence-corrected chi connectivity index (χ2v) is 7.99. The molecule has 0 saturated carbocycles. The van der Waals surface area contributed by atoms with Crippen LogP contribution in [0.25, 0.3) is 0 Å². The number of aromatic nitrogens is 3. The number of rotatable bonds is 5. The Labute approximate surface area is 178 Å². The highest BCUT2D eigenvalue weighted by molar-refractivity contribution is 6.30. The molecule has 0 aliphatic carbocycles. The van der Waals surface area contributed by atoms with Crippen molar-refractivity contribution in [1.82, 2.24) is 24.7 Å². The normalized spacial score (nSPS) is 15.1. The molecule has 0 bridgehead atoms. The van der Waals surface area contributed by atoms with E-state index in [2.05, 4.69) is 15.2 Å². The quantitative estimate of drug-likeness (QED) is 0.615. The van der Waals surface area contributed by atoms with Gasteiger partial charge in [0.2, 0.25) is 0 Å². The molecule has 3 heterocycles. The van der Waals surface area contributed by atoms with Crippen LogP contribution in [0.2, 0.25) is 10.0 Å². The van der Waals surface area contributed by atoms with Gasteiger partial charge in [-0.15, -0.1) is 0 Å². The van der Waals surface area contributed by atoms with Crippen molar-refractivity contribution < 1.29 is 9.32 Å². The molecule has 1 aromatic carbocycles. The van der Waals surface area contributed by atoms with Gasteiger partial charge in [-0.1, -0.05) is 40.5 Å². The standard InChI is InChI=1S/C20H21Cl2N5O2/c1-14-18(13-27-12-17(22)10-23-27)19(24-29-14)20(28)26-8-6-25(7-9-26)11-15-2-4-16(21)5-3-15/h2-5,10,12H,6-9,11,13H2,1H3. The third-order valence-corrected chi connectivity index (χ3v) is 5.54. The third kappa shape index (κ3) is 4.63. The van der Waals surface area contributed by atoms with Gasteiger partial charge < -0.3 is 9.42 Å². The fraction of sp³-hybridized carbons (Fsp3) is 0.350. The van der Waals surface area contributed by atoms with Gasteiger partial charge in [-0.05, 0) is 24.6 Å². The Bertz CT molecular complexity index is 991. The first kappa shape index (κ1) is 19.9. The molecule has 1 aliphatic rings. The Kier molecular flexibility index (Phi) is 5.89. The summed E-state index contributed by atoms with van der Waals surface area (Å²) >= 11 is 11.9. The summed E-state index contributed by atoms with van der Waals surface area (Å²) in [4.78, 5) is 17.2. The van der Waals surface area contributed by atoms with Gasteiger partial charge in [0.1, 0.15) is 5.76 Å². The molecule has 0 N–H and O–H groups in total. The summed E-state index contributed by atoms with van der Waals surface area (Å²) in [6.07, 6.45) is 3.27. The van der Waals surface area contributed by atoms with Crippen LogP contribution in [0.15, 0.2) is 41.2 Å². The number of benzene rings is 1. The maximum Gasteiger partial charge on any atom is 0.276 e. The average molecular weight is 434 g/mol. The van der Waals surface area contributed by atoms with Crippen LogP contribution in [0.5, 0.6) is 0 Å². The SMILES string of the molecule is Cc1onc(C(=O)N2CCN(Cc3ccc(Cl)cc3)CC2)c1Cn1cc(Cl)cn1. The van der Waals surface area contributed by atoms with Gasteiger partial charge in [-0.3, -0.25) is 14.4 Å². The number of hydrogen-bond acceptors (Lipinski definition) is 5. The number of aryl methyl sites for hydroxylation is 1. The van der Waals surface area contributed by atoms with E-state index in [1.165, 1.54) is 5.56 Å². The molecule has 1 aliphatic heterocycles. The molecule has 3 aromatic rings. The lowest BCUT2D eigenvalue weighted by Gasteiger charge is -2.34. The average Bonchev–Trinajstić information content (AvgIpc) is 3.30. The maximum absolute atomic E-state index is 13.0. The van der Waals surface area contributed by atoms with E-state index in [1.54, 1.807) is 24.0 Å². The number of halogens is 2. The monoisotopic (exact) mass is 433 g/mol. The summed E-state index contributed by atoms with van der Waals surface area (Å²) in [6.45, 7) is 5.92. The van der Waals surface area contributed by atoms with E-state index in [9.17, 15) is 4.79 Å². The maximum atomic E-state index is 13.0. The van der Waals surface area contributed by atoms with Gasteiger partial charge in [-0.2, -0.15) is 5.10 Å². The van der Waals surface area contributed by atoms with Crippen LogP contribution in [0, 0.1) is 6.92 Å². The minimum absolute atomic E-state index is 0.110. The molecule has 2 aromatic heterocycles. The summed E-state index contributed by atoms with van der Waals surface area (Å²) in [7, 11) is 0. The summed E-state index contributed by atoms with van der Waals surface area (Å²) in [5.74, 6) is 0.502. The minimum Gasteiger partial charge on any atom is -0.361 e. The van der Waals surface area contributed by atoms with Gasteiger partial charge in [-0.25, -0.2) is 0 Å². The largest absolute Gasteiger partial charge is 0.361 e. The Morgan fingerprint density at radius 2 is 1.79 bits per heavy atom. The van der Waals surface area contributed by atoms with Crippen LogP contribution in [0.4, 0.5) is 0 Å². The molecule has 1 saturated heterocycles. The van der Waals surface area contributed by atoms with Crippen LogP contribution in [0.1, 0.15) is 27.4 Å². The zero-order valence-electron chi connectivity index (χ0n) is 16.0. The molecular weight excluding hydrogens is 413 g/mol. The predicted molar refractivity (Wildman–Crippen MR) is 110 cm³/mol. The molecule has 29 heavy (non-hydrogen) atoms. The highest BCUT2D eigenvalue weighted by atomic mass is 35.5. The molecule has 7 nitrogen and oxygen atoms in total. The van der Waals surface area contributed by atoms with Crippen molar-refractivity contribution >= 4 is 29.1 Å². The van der Waals surface area contributed by atoms with E-state index in [-0.39, 0.29) is 5.91 Å². The molecule has 1 amide bonds. The van der Waals surface area contributed by atoms with E-state index >= 15 is 0 Å². The second kappa shape index (κ2) is 8.57. The lowest BCUT2D eigenvalue weighted by molar-refractivity contribution is 0.0617. The second-order valence-electron chi connectivity index (χ2n) is 7.12. The Morgan fingerprint density at radius 3 is 2.45 bits per heavy atom. The number of carbonyl (C=O) groups is 1. The first-order chi connectivity index (χ1) is 14.0. The van der Waals surface area contributed by atoms with Crippen LogP contribution >= 0.6 is 23.2 Å². The highest BCUT2D eigenvalue weighted by Crippen LogP contribution is 2.19. The fourth-order valence-electron chi connectivity index (χ4n) is 3.44. The van der Waals surface area contributed by atoms with E-state index < -0.39 is 0 Å². The van der Waals surface area contributed by atoms with Gasteiger partial charge in [0.25, 0.3) is 5.91 Å². The van der Waals surface area contributed by atoms with E-state index in [4.69, 9.17) is 27.7 Å². The van der Waals surface area contributed by atoms with Gasteiger partial charge >= 0.3 is 0 Å². The summed E-state index contributed by atoms with van der Waals surface area (Å²) < 4.78 is 6.97. The van der Waals surface area contributed by atoms with Crippen molar-refractivity contribution in [1.29, 1.82) is 0 Å². The molecule has 1 fully saturated rings. The Balaban J connectivity index is 1.39. The number of carbonyl (C=O) groups excluding carboxylic acids is 1. The topological polar surface area (TPSA) is 67.4 Å². The smallest absolute Gasteiger partial charge is 0.276 e. The Morgan fingerprint density at radius 1 is 1.07 bits per heavy atom. The van der Waals surface area contributed by atoms with Crippen LogP contribution in [0.3, 0.4) is 0 Å². The lowest BCUT2D eigenvalue weighted by Crippen LogP contribution is -2.48. The van der Waals surface area contributed by atoms with Crippen LogP contribution < -0.4 is 0 Å². The number of nitrogens with zero attached hydrogens (tertiary/aromatic N) is 5. The third-order valence-electron chi connectivity index (χ3n) is 5.09. The highest BCUT2D eigenvalue weighted by Gasteiger charge is 2.28. The van der Waals surface area contributed by atoms with E-state index in [1.807, 2.05) is 29.2 Å². The van der Waals surface area contributed by atoms with E-state index in [0.717, 1.165) is 30.2 Å². The number of amides is 1. The van der Waals surface area contributed by atoms with Crippen molar-refractivity contribution in [3.63, 3.8) is 0 Å².